The summed E-state index contributed by atoms with van der Waals surface area (Å²) >= 11 is 0. The Labute approximate surface area is 94.9 Å². The van der Waals surface area contributed by atoms with Gasteiger partial charge in [0.05, 0.1) is 6.10 Å². The molecule has 0 aliphatic carbocycles. The lowest BCUT2D eigenvalue weighted by molar-refractivity contribution is 0.242. The molecule has 2 heterocycles. The summed E-state index contributed by atoms with van der Waals surface area (Å²) < 4.78 is 7.48. The number of hydrogen-bond acceptors (Lipinski definition) is 3. The minimum absolute atomic E-state index is 0.134. The first-order valence-electron chi connectivity index (χ1n) is 5.27. The Bertz CT molecular complexity index is 437. The van der Waals surface area contributed by atoms with Gasteiger partial charge in [-0.1, -0.05) is 0 Å². The van der Waals surface area contributed by atoms with Crippen molar-refractivity contribution in [2.75, 3.05) is 5.43 Å². The van der Waals surface area contributed by atoms with Gasteiger partial charge in [0.1, 0.15) is 0 Å². The van der Waals surface area contributed by atoms with E-state index in [0.717, 1.165) is 5.75 Å². The molecule has 0 aliphatic rings. The fourth-order valence-electron chi connectivity index (χ4n) is 1.35. The first-order valence-corrected chi connectivity index (χ1v) is 5.27. The maximum Gasteiger partial charge on any atom is 0.187 e. The molecule has 0 fully saturated rings. The molecular weight excluding hydrogens is 202 g/mol. The molecule has 4 nitrogen and oxygen atoms in total. The van der Waals surface area contributed by atoms with E-state index in [-0.39, 0.29) is 6.10 Å². The molecule has 0 spiro atoms. The summed E-state index contributed by atoms with van der Waals surface area (Å²) in [5, 5.41) is 0. The van der Waals surface area contributed by atoms with Gasteiger partial charge >= 0.3 is 0 Å². The standard InChI is InChI=1S/C12H15N3O/c1-10(2)16-11-6-5-7-13-12(11)14-15-8-3-4-9-15/h3-10H,1-2H3,(H,13,14). The van der Waals surface area contributed by atoms with E-state index in [9.17, 15) is 0 Å². The second-order valence-electron chi connectivity index (χ2n) is 3.72. The van der Waals surface area contributed by atoms with E-state index in [1.165, 1.54) is 0 Å². The number of anilines is 1. The van der Waals surface area contributed by atoms with Crippen LogP contribution < -0.4 is 10.2 Å². The number of nitrogens with zero attached hydrogens (tertiary/aromatic N) is 2. The van der Waals surface area contributed by atoms with E-state index in [1.54, 1.807) is 6.20 Å². The Morgan fingerprint density at radius 2 is 2.00 bits per heavy atom. The second-order valence-corrected chi connectivity index (χ2v) is 3.72. The fraction of sp³-hybridized carbons (Fsp3) is 0.250. The average Bonchev–Trinajstić information content (AvgIpc) is 2.73. The van der Waals surface area contributed by atoms with E-state index in [0.29, 0.717) is 5.82 Å². The Balaban J connectivity index is 2.19. The van der Waals surface area contributed by atoms with Gasteiger partial charge in [-0.15, -0.1) is 0 Å². The maximum absolute atomic E-state index is 5.66. The van der Waals surface area contributed by atoms with Crippen LogP contribution >= 0.6 is 0 Å². The smallest absolute Gasteiger partial charge is 0.187 e. The van der Waals surface area contributed by atoms with Crippen molar-refractivity contribution in [3.8, 4) is 5.75 Å². The molecule has 0 radical (unpaired) electrons. The van der Waals surface area contributed by atoms with Crippen LogP contribution in [0.2, 0.25) is 0 Å². The molecule has 2 rings (SSSR count). The predicted molar refractivity (Wildman–Crippen MR) is 63.5 cm³/mol. The molecule has 1 N–H and O–H groups in total. The zero-order chi connectivity index (χ0) is 11.4. The molecule has 0 amide bonds. The van der Waals surface area contributed by atoms with Gasteiger partial charge in [0.15, 0.2) is 11.6 Å². The Morgan fingerprint density at radius 3 is 2.69 bits per heavy atom. The summed E-state index contributed by atoms with van der Waals surface area (Å²) in [5.41, 5.74) is 3.14. The van der Waals surface area contributed by atoms with Gasteiger partial charge in [-0.2, -0.15) is 0 Å². The van der Waals surface area contributed by atoms with E-state index in [4.69, 9.17) is 4.74 Å². The van der Waals surface area contributed by atoms with Crippen LogP contribution in [0, 0.1) is 0 Å². The summed E-state index contributed by atoms with van der Waals surface area (Å²) in [6, 6.07) is 7.65. The molecule has 0 aliphatic heterocycles. The third-order valence-electron chi connectivity index (χ3n) is 1.97. The van der Waals surface area contributed by atoms with Gasteiger partial charge in [0.2, 0.25) is 0 Å². The van der Waals surface area contributed by atoms with Crippen LogP contribution in [0.3, 0.4) is 0 Å². The van der Waals surface area contributed by atoms with Crippen molar-refractivity contribution >= 4 is 5.82 Å². The molecule has 4 heteroatoms. The van der Waals surface area contributed by atoms with E-state index < -0.39 is 0 Å². The molecule has 0 unspecified atom stereocenters. The lowest BCUT2D eigenvalue weighted by Gasteiger charge is -2.14. The summed E-state index contributed by atoms with van der Waals surface area (Å²) in [4.78, 5) is 4.25. The van der Waals surface area contributed by atoms with Crippen LogP contribution in [0.1, 0.15) is 13.8 Å². The van der Waals surface area contributed by atoms with Crippen molar-refractivity contribution < 1.29 is 4.74 Å². The average molecular weight is 217 g/mol. The predicted octanol–water partition coefficient (Wildman–Crippen LogP) is 2.55. The van der Waals surface area contributed by atoms with E-state index in [2.05, 4.69) is 10.4 Å². The van der Waals surface area contributed by atoms with Gasteiger partial charge in [-0.05, 0) is 38.1 Å². The molecular formula is C12H15N3O. The lowest BCUT2D eigenvalue weighted by Crippen LogP contribution is -2.12. The molecule has 84 valence electrons. The highest BCUT2D eigenvalue weighted by atomic mass is 16.5. The zero-order valence-corrected chi connectivity index (χ0v) is 9.42. The number of pyridine rings is 1. The molecule has 2 aromatic rings. The summed E-state index contributed by atoms with van der Waals surface area (Å²) in [6.07, 6.45) is 5.69. The zero-order valence-electron chi connectivity index (χ0n) is 9.42. The normalized spacial score (nSPS) is 10.4. The summed E-state index contributed by atoms with van der Waals surface area (Å²) in [6.45, 7) is 3.98. The van der Waals surface area contributed by atoms with Crippen LogP contribution in [0.15, 0.2) is 42.9 Å². The van der Waals surface area contributed by atoms with Gasteiger partial charge in [0.25, 0.3) is 0 Å². The van der Waals surface area contributed by atoms with Gasteiger partial charge in [-0.3, -0.25) is 10.1 Å². The first-order chi connectivity index (χ1) is 7.75. The largest absolute Gasteiger partial charge is 0.487 e. The molecule has 0 saturated carbocycles. The van der Waals surface area contributed by atoms with Gasteiger partial charge in [0, 0.05) is 18.6 Å². The molecule has 0 atom stereocenters. The second kappa shape index (κ2) is 4.70. The third kappa shape index (κ3) is 2.53. The lowest BCUT2D eigenvalue weighted by atomic mass is 10.4. The highest BCUT2D eigenvalue weighted by Crippen LogP contribution is 2.22. The Kier molecular flexibility index (Phi) is 3.10. The summed E-state index contributed by atoms with van der Waals surface area (Å²) in [7, 11) is 0. The van der Waals surface area contributed by atoms with Crippen LogP contribution in [0.25, 0.3) is 0 Å². The van der Waals surface area contributed by atoms with Crippen molar-refractivity contribution in [1.82, 2.24) is 9.66 Å². The molecule has 0 bridgehead atoms. The molecule has 0 aromatic carbocycles. The minimum atomic E-state index is 0.134. The van der Waals surface area contributed by atoms with Crippen molar-refractivity contribution in [1.29, 1.82) is 0 Å². The monoisotopic (exact) mass is 217 g/mol. The maximum atomic E-state index is 5.66. The topological polar surface area (TPSA) is 39.1 Å². The Morgan fingerprint density at radius 1 is 1.25 bits per heavy atom. The van der Waals surface area contributed by atoms with Crippen LogP contribution in [0.5, 0.6) is 5.75 Å². The van der Waals surface area contributed by atoms with Crippen molar-refractivity contribution in [3.05, 3.63) is 42.9 Å². The third-order valence-corrected chi connectivity index (χ3v) is 1.97. The number of nitrogens with one attached hydrogen (secondary N) is 1. The van der Waals surface area contributed by atoms with Crippen LogP contribution in [0.4, 0.5) is 5.82 Å². The highest BCUT2D eigenvalue weighted by molar-refractivity contribution is 5.49. The number of ether oxygens (including phenoxy) is 1. The van der Waals surface area contributed by atoms with Crippen molar-refractivity contribution in [2.24, 2.45) is 0 Å². The van der Waals surface area contributed by atoms with Crippen molar-refractivity contribution in [2.45, 2.75) is 20.0 Å². The summed E-state index contributed by atoms with van der Waals surface area (Å²) in [5.74, 6) is 1.47. The van der Waals surface area contributed by atoms with Crippen LogP contribution in [-0.4, -0.2) is 15.8 Å². The quantitative estimate of drug-likeness (QED) is 0.855. The highest BCUT2D eigenvalue weighted by Gasteiger charge is 2.05. The van der Waals surface area contributed by atoms with E-state index >= 15 is 0 Å². The minimum Gasteiger partial charge on any atom is -0.487 e. The fourth-order valence-corrected chi connectivity index (χ4v) is 1.35. The van der Waals surface area contributed by atoms with Gasteiger partial charge < -0.3 is 4.74 Å². The van der Waals surface area contributed by atoms with E-state index in [1.807, 2.05) is 55.2 Å². The van der Waals surface area contributed by atoms with Crippen molar-refractivity contribution in [3.63, 3.8) is 0 Å². The number of hydrogen-bond donors (Lipinski definition) is 1. The number of rotatable bonds is 4. The van der Waals surface area contributed by atoms with Gasteiger partial charge in [-0.25, -0.2) is 4.98 Å². The molecule has 16 heavy (non-hydrogen) atoms. The SMILES string of the molecule is CC(C)Oc1cccnc1Nn1cccc1. The molecule has 2 aromatic heterocycles. The Hall–Kier alpha value is -1.97. The molecule has 0 saturated heterocycles. The first kappa shape index (κ1) is 10.5. The van der Waals surface area contributed by atoms with Crippen LogP contribution in [-0.2, 0) is 0 Å². The number of aromatic nitrogens is 2.